The smallest absolute Gasteiger partial charge is 0.339 e. The van der Waals surface area contributed by atoms with Crippen LogP contribution in [0.4, 0.5) is 0 Å². The SMILES string of the molecule is CCCOC(=O)c1ccccc1S(=O)(=O)c1cc(C(=O)OCCC)c(S(=O)(=O)c2ccccc2C(=O)OCCC)cc1C(=O)OCCC. The van der Waals surface area contributed by atoms with Gasteiger partial charge in [0.2, 0.25) is 19.7 Å². The van der Waals surface area contributed by atoms with Crippen LogP contribution in [0.25, 0.3) is 0 Å². The first-order chi connectivity index (χ1) is 22.9. The molecule has 0 atom stereocenters. The summed E-state index contributed by atoms with van der Waals surface area (Å²) in [6.07, 6.45) is 1.62. The van der Waals surface area contributed by atoms with E-state index in [1.165, 1.54) is 36.4 Å². The molecule has 48 heavy (non-hydrogen) atoms. The molecule has 3 rings (SSSR count). The number of hydrogen-bond acceptors (Lipinski definition) is 12. The fourth-order valence-corrected chi connectivity index (χ4v) is 7.67. The number of carbonyl (C=O) groups excluding carboxylic acids is 4. The molecule has 0 aliphatic rings. The van der Waals surface area contributed by atoms with Gasteiger partial charge in [0, 0.05) is 0 Å². The number of benzene rings is 3. The van der Waals surface area contributed by atoms with Crippen LogP contribution in [0.15, 0.2) is 80.2 Å². The molecule has 3 aromatic rings. The standard InChI is InChI=1S/C34H38O12S2/c1-5-17-43-31(35)23-13-9-11-15-27(23)47(39,40)29-21-26(34(38)46-20-8-4)30(22-25(29)33(37)45-19-7-3)48(41,42)28-16-12-10-14-24(28)32(36)44-18-6-2/h9-16,21-22H,5-8,17-20H2,1-4H3. The van der Waals surface area contributed by atoms with Crippen molar-refractivity contribution < 1.29 is 55.0 Å². The third-order valence-corrected chi connectivity index (χ3v) is 10.3. The Morgan fingerprint density at radius 3 is 1.00 bits per heavy atom. The monoisotopic (exact) mass is 702 g/mol. The van der Waals surface area contributed by atoms with E-state index in [1.54, 1.807) is 27.7 Å². The normalized spacial score (nSPS) is 11.4. The fraction of sp³-hybridized carbons (Fsp3) is 0.353. The summed E-state index contributed by atoms with van der Waals surface area (Å²) in [5.74, 6) is -4.30. The molecule has 12 nitrogen and oxygen atoms in total. The maximum Gasteiger partial charge on any atom is 0.339 e. The number of carbonyl (C=O) groups is 4. The molecule has 0 saturated carbocycles. The van der Waals surface area contributed by atoms with Crippen LogP contribution in [0.3, 0.4) is 0 Å². The van der Waals surface area contributed by atoms with E-state index in [9.17, 15) is 36.0 Å². The molecule has 0 bridgehead atoms. The number of ether oxygens (including phenoxy) is 4. The lowest BCUT2D eigenvalue weighted by atomic mass is 10.1. The van der Waals surface area contributed by atoms with E-state index in [4.69, 9.17) is 18.9 Å². The molecule has 0 fully saturated rings. The van der Waals surface area contributed by atoms with Crippen molar-refractivity contribution in [1.29, 1.82) is 0 Å². The first-order valence-electron chi connectivity index (χ1n) is 15.4. The van der Waals surface area contributed by atoms with Gasteiger partial charge >= 0.3 is 23.9 Å². The topological polar surface area (TPSA) is 173 Å². The molecule has 0 radical (unpaired) electrons. The highest BCUT2D eigenvalue weighted by atomic mass is 32.2. The molecule has 3 aromatic carbocycles. The van der Waals surface area contributed by atoms with E-state index < -0.39 is 74.3 Å². The predicted octanol–water partition coefficient (Wildman–Crippen LogP) is 5.62. The minimum atomic E-state index is -4.85. The minimum absolute atomic E-state index is 0.00917. The second-order valence-corrected chi connectivity index (χ2v) is 14.2. The molecule has 0 unspecified atom stereocenters. The lowest BCUT2D eigenvalue weighted by Crippen LogP contribution is -2.21. The average Bonchev–Trinajstić information content (AvgIpc) is 3.09. The summed E-state index contributed by atoms with van der Waals surface area (Å²) in [6, 6.07) is 11.7. The van der Waals surface area contributed by atoms with Gasteiger partial charge in [0.1, 0.15) is 0 Å². The van der Waals surface area contributed by atoms with E-state index in [1.807, 2.05) is 0 Å². The van der Waals surface area contributed by atoms with Gasteiger partial charge in [-0.1, -0.05) is 52.0 Å². The van der Waals surface area contributed by atoms with Crippen LogP contribution < -0.4 is 0 Å². The molecule has 14 heteroatoms. The Hall–Kier alpha value is -4.56. The molecular formula is C34H38O12S2. The van der Waals surface area contributed by atoms with Crippen LogP contribution in [0.5, 0.6) is 0 Å². The predicted molar refractivity (Wildman–Crippen MR) is 173 cm³/mol. The van der Waals surface area contributed by atoms with Crippen molar-refractivity contribution in [3.63, 3.8) is 0 Å². The first kappa shape index (κ1) is 37.9. The van der Waals surface area contributed by atoms with Gasteiger partial charge in [-0.05, 0) is 62.1 Å². The summed E-state index contributed by atoms with van der Waals surface area (Å²) in [4.78, 5) is 50.0. The summed E-state index contributed by atoms with van der Waals surface area (Å²) in [5.41, 5.74) is -2.14. The van der Waals surface area contributed by atoms with E-state index in [-0.39, 0.29) is 37.6 Å². The summed E-state index contributed by atoms with van der Waals surface area (Å²) < 4.78 is 78.1. The van der Waals surface area contributed by atoms with Crippen LogP contribution in [0, 0.1) is 0 Å². The summed E-state index contributed by atoms with van der Waals surface area (Å²) in [6.45, 7) is 6.63. The van der Waals surface area contributed by atoms with Crippen molar-refractivity contribution in [3.05, 3.63) is 82.9 Å². The van der Waals surface area contributed by atoms with Crippen LogP contribution in [-0.4, -0.2) is 67.1 Å². The zero-order valence-electron chi connectivity index (χ0n) is 27.1. The van der Waals surface area contributed by atoms with E-state index >= 15 is 0 Å². The Balaban J connectivity index is 2.43. The summed E-state index contributed by atoms with van der Waals surface area (Å²) in [7, 11) is -9.71. The van der Waals surface area contributed by atoms with E-state index in [2.05, 4.69) is 0 Å². The highest BCUT2D eigenvalue weighted by molar-refractivity contribution is 7.92. The van der Waals surface area contributed by atoms with Crippen LogP contribution in [0.1, 0.15) is 94.8 Å². The number of rotatable bonds is 16. The van der Waals surface area contributed by atoms with Gasteiger partial charge < -0.3 is 18.9 Å². The van der Waals surface area contributed by atoms with Crippen LogP contribution >= 0.6 is 0 Å². The van der Waals surface area contributed by atoms with Crippen molar-refractivity contribution >= 4 is 43.6 Å². The Labute approximate surface area is 280 Å². The summed E-state index contributed by atoms with van der Waals surface area (Å²) >= 11 is 0. The molecule has 0 saturated heterocycles. The fourth-order valence-electron chi connectivity index (χ4n) is 4.39. The third-order valence-electron chi connectivity index (χ3n) is 6.64. The Morgan fingerprint density at radius 2 is 0.708 bits per heavy atom. The van der Waals surface area contributed by atoms with Crippen LogP contribution in [-0.2, 0) is 38.6 Å². The zero-order valence-corrected chi connectivity index (χ0v) is 28.8. The quantitative estimate of drug-likeness (QED) is 0.133. The second kappa shape index (κ2) is 17.0. The van der Waals surface area contributed by atoms with Gasteiger partial charge in [-0.15, -0.1) is 0 Å². The zero-order chi connectivity index (χ0) is 35.5. The third kappa shape index (κ3) is 8.47. The van der Waals surface area contributed by atoms with Gasteiger partial charge in [-0.2, -0.15) is 0 Å². The Bertz CT molecular complexity index is 1740. The second-order valence-electron chi connectivity index (χ2n) is 10.4. The number of hydrogen-bond donors (Lipinski definition) is 0. The maximum absolute atomic E-state index is 14.3. The Kier molecular flexibility index (Phi) is 13.4. The number of esters is 4. The van der Waals surface area contributed by atoms with Gasteiger partial charge in [-0.25, -0.2) is 36.0 Å². The van der Waals surface area contributed by atoms with Crippen molar-refractivity contribution in [2.24, 2.45) is 0 Å². The van der Waals surface area contributed by atoms with Gasteiger partial charge in [0.25, 0.3) is 0 Å². The molecule has 0 amide bonds. The van der Waals surface area contributed by atoms with Gasteiger partial charge in [0.15, 0.2) is 0 Å². The van der Waals surface area contributed by atoms with Crippen molar-refractivity contribution in [1.82, 2.24) is 0 Å². The maximum atomic E-state index is 14.3. The van der Waals surface area contributed by atoms with Gasteiger partial charge in [-0.3, -0.25) is 0 Å². The number of sulfone groups is 2. The highest BCUT2D eigenvalue weighted by Crippen LogP contribution is 2.35. The average molecular weight is 703 g/mol. The molecule has 0 N–H and O–H groups in total. The van der Waals surface area contributed by atoms with E-state index in [0.717, 1.165) is 24.3 Å². The van der Waals surface area contributed by atoms with Gasteiger partial charge in [0.05, 0.1) is 68.3 Å². The van der Waals surface area contributed by atoms with Crippen molar-refractivity contribution in [2.45, 2.75) is 73.0 Å². The van der Waals surface area contributed by atoms with Crippen molar-refractivity contribution in [2.75, 3.05) is 26.4 Å². The molecule has 0 aliphatic heterocycles. The van der Waals surface area contributed by atoms with Crippen LogP contribution in [0.2, 0.25) is 0 Å². The van der Waals surface area contributed by atoms with Crippen molar-refractivity contribution in [3.8, 4) is 0 Å². The Morgan fingerprint density at radius 1 is 0.438 bits per heavy atom. The molecule has 0 aromatic heterocycles. The largest absolute Gasteiger partial charge is 0.462 e. The lowest BCUT2D eigenvalue weighted by Gasteiger charge is -2.18. The highest BCUT2D eigenvalue weighted by Gasteiger charge is 2.36. The minimum Gasteiger partial charge on any atom is -0.462 e. The molecule has 258 valence electrons. The van der Waals surface area contributed by atoms with E-state index in [0.29, 0.717) is 25.7 Å². The molecule has 0 heterocycles. The molecule has 0 aliphatic carbocycles. The lowest BCUT2D eigenvalue weighted by molar-refractivity contribution is 0.0483. The molecule has 0 spiro atoms. The summed E-state index contributed by atoms with van der Waals surface area (Å²) in [5, 5.41) is 0. The molecular weight excluding hydrogens is 664 g/mol. The first-order valence-corrected chi connectivity index (χ1v) is 18.4.